The van der Waals surface area contributed by atoms with E-state index in [0.717, 1.165) is 25.9 Å². The minimum absolute atomic E-state index is 0.0394. The van der Waals surface area contributed by atoms with Gasteiger partial charge in [0.15, 0.2) is 0 Å². The highest BCUT2D eigenvalue weighted by Gasteiger charge is 2.22. The van der Waals surface area contributed by atoms with E-state index in [1.807, 2.05) is 4.90 Å². The fourth-order valence-corrected chi connectivity index (χ4v) is 3.13. The van der Waals surface area contributed by atoms with Gasteiger partial charge in [0, 0.05) is 24.7 Å². The van der Waals surface area contributed by atoms with Crippen molar-refractivity contribution >= 4 is 40.8 Å². The van der Waals surface area contributed by atoms with Gasteiger partial charge < -0.3 is 10.0 Å². The Labute approximate surface area is 160 Å². The number of carbonyl (C=O) groups is 1. The lowest BCUT2D eigenvalue weighted by Crippen LogP contribution is -2.19. The molecule has 2 N–H and O–H groups in total. The maximum atomic E-state index is 11.4. The molecule has 2 aromatic carbocycles. The molecule has 3 rings (SSSR count). The average Bonchev–Trinajstić information content (AvgIpc) is 3.17. The van der Waals surface area contributed by atoms with Crippen LogP contribution in [0.5, 0.6) is 0 Å². The van der Waals surface area contributed by atoms with Crippen LogP contribution in [-0.2, 0) is 0 Å². The molecule has 0 unspecified atom stereocenters. The smallest absolute Gasteiger partial charge is 0.337 e. The van der Waals surface area contributed by atoms with Crippen LogP contribution in [0.3, 0.4) is 0 Å². The maximum absolute atomic E-state index is 11.4. The van der Waals surface area contributed by atoms with Crippen LogP contribution in [0.1, 0.15) is 28.8 Å². The predicted octanol–water partition coefficient (Wildman–Crippen LogP) is 3.99. The standard InChI is InChI=1S/C18H17ClN4O4/c19-15-5-4-13(10-14(15)18(24)25)21-20-11-12-3-6-16(17(9-12)23(26)27)22-7-1-2-8-22/h3-6,9-11,21H,1-2,7-8H2,(H,24,25). The Bertz CT molecular complexity index is 910. The lowest BCUT2D eigenvalue weighted by atomic mass is 10.1. The van der Waals surface area contributed by atoms with Gasteiger partial charge in [-0.2, -0.15) is 5.10 Å². The van der Waals surface area contributed by atoms with Crippen LogP contribution in [0.2, 0.25) is 5.02 Å². The fourth-order valence-electron chi connectivity index (χ4n) is 2.93. The average molecular weight is 389 g/mol. The molecule has 0 radical (unpaired) electrons. The number of halogens is 1. The summed E-state index contributed by atoms with van der Waals surface area (Å²) in [6.45, 7) is 1.64. The summed E-state index contributed by atoms with van der Waals surface area (Å²) in [7, 11) is 0. The number of aromatic carboxylic acids is 1. The summed E-state index contributed by atoms with van der Waals surface area (Å²) < 4.78 is 0. The minimum atomic E-state index is -1.14. The number of nitro groups is 1. The predicted molar refractivity (Wildman–Crippen MR) is 104 cm³/mol. The van der Waals surface area contributed by atoms with Crippen LogP contribution in [0.25, 0.3) is 0 Å². The zero-order chi connectivity index (χ0) is 19.4. The van der Waals surface area contributed by atoms with Crippen molar-refractivity contribution in [2.75, 3.05) is 23.4 Å². The number of anilines is 2. The zero-order valence-electron chi connectivity index (χ0n) is 14.3. The normalized spacial score (nSPS) is 13.9. The largest absolute Gasteiger partial charge is 0.478 e. The second-order valence-corrected chi connectivity index (χ2v) is 6.48. The molecule has 1 fully saturated rings. The third-order valence-electron chi connectivity index (χ3n) is 4.25. The van der Waals surface area contributed by atoms with Crippen LogP contribution in [0.15, 0.2) is 41.5 Å². The van der Waals surface area contributed by atoms with Crippen molar-refractivity contribution in [3.05, 3.63) is 62.7 Å². The van der Waals surface area contributed by atoms with E-state index in [1.165, 1.54) is 24.4 Å². The summed E-state index contributed by atoms with van der Waals surface area (Å²) in [6.07, 6.45) is 3.50. The lowest BCUT2D eigenvalue weighted by molar-refractivity contribution is -0.384. The van der Waals surface area contributed by atoms with Crippen molar-refractivity contribution in [2.45, 2.75) is 12.8 Å². The van der Waals surface area contributed by atoms with Crippen molar-refractivity contribution in [2.24, 2.45) is 5.10 Å². The van der Waals surface area contributed by atoms with E-state index in [0.29, 0.717) is 16.9 Å². The van der Waals surface area contributed by atoms with E-state index in [4.69, 9.17) is 16.7 Å². The Morgan fingerprint density at radius 3 is 2.67 bits per heavy atom. The maximum Gasteiger partial charge on any atom is 0.337 e. The number of carboxylic acids is 1. The van der Waals surface area contributed by atoms with Crippen LogP contribution in [0.4, 0.5) is 17.1 Å². The zero-order valence-corrected chi connectivity index (χ0v) is 15.0. The first-order valence-corrected chi connectivity index (χ1v) is 8.69. The number of rotatable bonds is 6. The number of benzene rings is 2. The number of nitro benzene ring substituents is 1. The van der Waals surface area contributed by atoms with Gasteiger partial charge in [0.05, 0.1) is 27.4 Å². The highest BCUT2D eigenvalue weighted by Crippen LogP contribution is 2.31. The molecule has 1 aliphatic heterocycles. The van der Waals surface area contributed by atoms with Gasteiger partial charge in [-0.05, 0) is 37.1 Å². The highest BCUT2D eigenvalue weighted by atomic mass is 35.5. The van der Waals surface area contributed by atoms with Gasteiger partial charge in [-0.1, -0.05) is 17.7 Å². The molecule has 1 saturated heterocycles. The van der Waals surface area contributed by atoms with Gasteiger partial charge >= 0.3 is 5.97 Å². The quantitative estimate of drug-likeness (QED) is 0.440. The van der Waals surface area contributed by atoms with E-state index in [-0.39, 0.29) is 16.3 Å². The topological polar surface area (TPSA) is 108 Å². The van der Waals surface area contributed by atoms with Crippen molar-refractivity contribution in [3.8, 4) is 0 Å². The summed E-state index contributed by atoms with van der Waals surface area (Å²) in [4.78, 5) is 24.1. The molecule has 0 spiro atoms. The summed E-state index contributed by atoms with van der Waals surface area (Å²) in [5, 5.41) is 24.6. The molecule has 0 aliphatic carbocycles. The number of hydrogen-bond acceptors (Lipinski definition) is 6. The second-order valence-electron chi connectivity index (χ2n) is 6.07. The van der Waals surface area contributed by atoms with Crippen molar-refractivity contribution in [1.29, 1.82) is 0 Å². The Balaban J connectivity index is 1.77. The van der Waals surface area contributed by atoms with Gasteiger partial charge in [0.1, 0.15) is 5.69 Å². The molecular weight excluding hydrogens is 372 g/mol. The van der Waals surface area contributed by atoms with Gasteiger partial charge in [-0.15, -0.1) is 0 Å². The monoisotopic (exact) mass is 388 g/mol. The highest BCUT2D eigenvalue weighted by molar-refractivity contribution is 6.33. The van der Waals surface area contributed by atoms with E-state index < -0.39 is 10.9 Å². The van der Waals surface area contributed by atoms with Gasteiger partial charge in [0.25, 0.3) is 5.69 Å². The summed E-state index contributed by atoms with van der Waals surface area (Å²) >= 11 is 5.82. The Morgan fingerprint density at radius 1 is 1.26 bits per heavy atom. The first-order valence-electron chi connectivity index (χ1n) is 8.31. The molecule has 0 amide bonds. The molecule has 1 aliphatic rings. The van der Waals surface area contributed by atoms with E-state index in [9.17, 15) is 14.9 Å². The molecule has 2 aromatic rings. The molecule has 0 saturated carbocycles. The molecule has 0 atom stereocenters. The number of carboxylic acid groups (broad SMARTS) is 1. The molecular formula is C18H17ClN4O4. The van der Waals surface area contributed by atoms with Crippen molar-refractivity contribution < 1.29 is 14.8 Å². The summed E-state index contributed by atoms with van der Waals surface area (Å²) in [5.74, 6) is -1.14. The van der Waals surface area contributed by atoms with Crippen LogP contribution < -0.4 is 10.3 Å². The van der Waals surface area contributed by atoms with E-state index in [2.05, 4.69) is 10.5 Å². The van der Waals surface area contributed by atoms with Crippen molar-refractivity contribution in [3.63, 3.8) is 0 Å². The molecule has 9 heteroatoms. The summed E-state index contributed by atoms with van der Waals surface area (Å²) in [6, 6.07) is 9.37. The molecule has 140 valence electrons. The van der Waals surface area contributed by atoms with Crippen molar-refractivity contribution in [1.82, 2.24) is 0 Å². The van der Waals surface area contributed by atoms with Gasteiger partial charge in [0.2, 0.25) is 0 Å². The third kappa shape index (κ3) is 4.35. The first kappa shape index (κ1) is 18.7. The molecule has 0 aromatic heterocycles. The molecule has 0 bridgehead atoms. The summed E-state index contributed by atoms with van der Waals surface area (Å²) in [5.41, 5.74) is 4.32. The number of hydrazone groups is 1. The van der Waals surface area contributed by atoms with Crippen LogP contribution >= 0.6 is 11.6 Å². The number of nitrogens with zero attached hydrogens (tertiary/aromatic N) is 3. The van der Waals surface area contributed by atoms with Gasteiger partial charge in [-0.25, -0.2) is 4.79 Å². The van der Waals surface area contributed by atoms with Gasteiger partial charge in [-0.3, -0.25) is 15.5 Å². The fraction of sp³-hybridized carbons (Fsp3) is 0.222. The Morgan fingerprint density at radius 2 is 2.00 bits per heavy atom. The molecule has 27 heavy (non-hydrogen) atoms. The van der Waals surface area contributed by atoms with Crippen LogP contribution in [-0.4, -0.2) is 35.3 Å². The SMILES string of the molecule is O=C(O)c1cc(NN=Cc2ccc(N3CCCC3)c([N+](=O)[O-])c2)ccc1Cl. The Hall–Kier alpha value is -3.13. The Kier molecular flexibility index (Phi) is 5.56. The molecule has 8 nitrogen and oxygen atoms in total. The second kappa shape index (κ2) is 8.05. The molecule has 1 heterocycles. The van der Waals surface area contributed by atoms with E-state index in [1.54, 1.807) is 18.2 Å². The van der Waals surface area contributed by atoms with E-state index >= 15 is 0 Å². The first-order chi connectivity index (χ1) is 13.0. The minimum Gasteiger partial charge on any atom is -0.478 e. The lowest BCUT2D eigenvalue weighted by Gasteiger charge is -2.17. The van der Waals surface area contributed by atoms with Crippen LogP contribution in [0, 0.1) is 10.1 Å². The number of nitrogens with one attached hydrogen (secondary N) is 1. The third-order valence-corrected chi connectivity index (χ3v) is 4.58. The number of hydrogen-bond donors (Lipinski definition) is 2.